The lowest BCUT2D eigenvalue weighted by atomic mass is 10.2. The van der Waals surface area contributed by atoms with Crippen molar-refractivity contribution in [1.29, 1.82) is 0 Å². The maximum atomic E-state index is 12.3. The van der Waals surface area contributed by atoms with Gasteiger partial charge in [-0.15, -0.1) is 0 Å². The molecule has 1 heterocycles. The Hall–Kier alpha value is -2.95. The van der Waals surface area contributed by atoms with Crippen molar-refractivity contribution in [3.8, 4) is 0 Å². The van der Waals surface area contributed by atoms with Gasteiger partial charge in [-0.25, -0.2) is 4.79 Å². The Labute approximate surface area is 141 Å². The Balaban J connectivity index is 1.75. The SMILES string of the molecule is CCn1cc(NC(=O)Nc2ccc(N(C)C)cc2)c2ccccc21. The Morgan fingerprint density at radius 1 is 1.04 bits per heavy atom. The number of carbonyl (C=O) groups is 1. The van der Waals surface area contributed by atoms with E-state index in [4.69, 9.17) is 0 Å². The van der Waals surface area contributed by atoms with Crippen LogP contribution in [0.4, 0.5) is 21.9 Å². The van der Waals surface area contributed by atoms with Gasteiger partial charge in [0.05, 0.1) is 11.2 Å². The van der Waals surface area contributed by atoms with Gasteiger partial charge in [-0.2, -0.15) is 0 Å². The van der Waals surface area contributed by atoms with Crippen LogP contribution in [0.25, 0.3) is 10.9 Å². The van der Waals surface area contributed by atoms with Gasteiger partial charge in [0.1, 0.15) is 0 Å². The number of hydrogen-bond acceptors (Lipinski definition) is 2. The zero-order valence-electron chi connectivity index (χ0n) is 14.2. The van der Waals surface area contributed by atoms with E-state index in [2.05, 4.69) is 28.2 Å². The minimum Gasteiger partial charge on any atom is -0.378 e. The Morgan fingerprint density at radius 3 is 2.42 bits per heavy atom. The number of aromatic nitrogens is 1. The summed E-state index contributed by atoms with van der Waals surface area (Å²) in [7, 11) is 3.97. The van der Waals surface area contributed by atoms with Gasteiger partial charge in [0.15, 0.2) is 0 Å². The van der Waals surface area contributed by atoms with Crippen molar-refractivity contribution in [3.63, 3.8) is 0 Å². The molecule has 2 aromatic carbocycles. The number of anilines is 3. The number of nitrogens with one attached hydrogen (secondary N) is 2. The van der Waals surface area contributed by atoms with E-state index in [1.807, 2.05) is 67.7 Å². The molecule has 2 amide bonds. The lowest BCUT2D eigenvalue weighted by molar-refractivity contribution is 0.262. The first-order valence-electron chi connectivity index (χ1n) is 8.01. The molecule has 1 aromatic heterocycles. The highest BCUT2D eigenvalue weighted by Gasteiger charge is 2.10. The highest BCUT2D eigenvalue weighted by molar-refractivity contribution is 6.06. The third kappa shape index (κ3) is 3.20. The molecule has 5 heteroatoms. The Kier molecular flexibility index (Phi) is 4.42. The predicted molar refractivity (Wildman–Crippen MR) is 101 cm³/mol. The maximum Gasteiger partial charge on any atom is 0.323 e. The van der Waals surface area contributed by atoms with Crippen LogP contribution in [0.2, 0.25) is 0 Å². The summed E-state index contributed by atoms with van der Waals surface area (Å²) in [5.41, 5.74) is 3.78. The fraction of sp³-hybridized carbons (Fsp3) is 0.211. The topological polar surface area (TPSA) is 49.3 Å². The average Bonchev–Trinajstić information content (AvgIpc) is 2.93. The smallest absolute Gasteiger partial charge is 0.323 e. The number of amides is 2. The van der Waals surface area contributed by atoms with Crippen molar-refractivity contribution in [2.24, 2.45) is 0 Å². The quantitative estimate of drug-likeness (QED) is 0.749. The van der Waals surface area contributed by atoms with Gasteiger partial charge in [-0.1, -0.05) is 18.2 Å². The maximum absolute atomic E-state index is 12.3. The van der Waals surface area contributed by atoms with Gasteiger partial charge in [-0.3, -0.25) is 0 Å². The molecule has 5 nitrogen and oxygen atoms in total. The highest BCUT2D eigenvalue weighted by atomic mass is 16.2. The molecule has 0 spiro atoms. The van der Waals surface area contributed by atoms with E-state index < -0.39 is 0 Å². The van der Waals surface area contributed by atoms with Crippen LogP contribution in [0.5, 0.6) is 0 Å². The van der Waals surface area contributed by atoms with Crippen LogP contribution in [0.1, 0.15) is 6.92 Å². The van der Waals surface area contributed by atoms with E-state index >= 15 is 0 Å². The summed E-state index contributed by atoms with van der Waals surface area (Å²) >= 11 is 0. The number of fused-ring (bicyclic) bond motifs is 1. The number of hydrogen-bond donors (Lipinski definition) is 2. The van der Waals surface area contributed by atoms with E-state index in [-0.39, 0.29) is 6.03 Å². The van der Waals surface area contributed by atoms with E-state index in [1.54, 1.807) is 0 Å². The van der Waals surface area contributed by atoms with Crippen LogP contribution >= 0.6 is 0 Å². The van der Waals surface area contributed by atoms with Crippen molar-refractivity contribution >= 4 is 34.0 Å². The van der Waals surface area contributed by atoms with Crippen LogP contribution in [0.15, 0.2) is 54.7 Å². The molecule has 0 fully saturated rings. The average molecular weight is 322 g/mol. The van der Waals surface area contributed by atoms with E-state index in [1.165, 1.54) is 0 Å². The Morgan fingerprint density at radius 2 is 1.75 bits per heavy atom. The minimum absolute atomic E-state index is 0.244. The second-order valence-electron chi connectivity index (χ2n) is 5.87. The van der Waals surface area contributed by atoms with Gasteiger partial charge in [-0.05, 0) is 37.3 Å². The summed E-state index contributed by atoms with van der Waals surface area (Å²) in [6.45, 7) is 2.94. The van der Waals surface area contributed by atoms with Gasteiger partial charge in [0, 0.05) is 43.6 Å². The first-order chi connectivity index (χ1) is 11.6. The molecular formula is C19H22N4O. The minimum atomic E-state index is -0.244. The van der Waals surface area contributed by atoms with Crippen molar-refractivity contribution < 1.29 is 4.79 Å². The summed E-state index contributed by atoms with van der Waals surface area (Å²) in [4.78, 5) is 14.3. The lowest BCUT2D eigenvalue weighted by Crippen LogP contribution is -2.19. The molecule has 0 unspecified atom stereocenters. The number of aryl methyl sites for hydroxylation is 1. The number of rotatable bonds is 4. The highest BCUT2D eigenvalue weighted by Crippen LogP contribution is 2.26. The van der Waals surface area contributed by atoms with Crippen molar-refractivity contribution in [1.82, 2.24) is 4.57 Å². The molecule has 0 saturated carbocycles. The third-order valence-electron chi connectivity index (χ3n) is 4.02. The zero-order valence-corrected chi connectivity index (χ0v) is 14.2. The molecule has 0 saturated heterocycles. The summed E-state index contributed by atoms with van der Waals surface area (Å²) in [5, 5.41) is 6.85. The van der Waals surface area contributed by atoms with E-state index in [0.717, 1.165) is 34.5 Å². The normalized spacial score (nSPS) is 10.6. The zero-order chi connectivity index (χ0) is 17.1. The predicted octanol–water partition coefficient (Wildman–Crippen LogP) is 4.37. The molecule has 0 aliphatic rings. The molecule has 24 heavy (non-hydrogen) atoms. The number of nitrogens with zero attached hydrogens (tertiary/aromatic N) is 2. The molecule has 0 atom stereocenters. The summed E-state index contributed by atoms with van der Waals surface area (Å²) < 4.78 is 2.12. The second-order valence-corrected chi connectivity index (χ2v) is 5.87. The lowest BCUT2D eigenvalue weighted by Gasteiger charge is -2.13. The van der Waals surface area contributed by atoms with Gasteiger partial charge < -0.3 is 20.1 Å². The van der Waals surface area contributed by atoms with Crippen molar-refractivity contribution in [2.75, 3.05) is 29.6 Å². The fourth-order valence-corrected chi connectivity index (χ4v) is 2.74. The van der Waals surface area contributed by atoms with Crippen molar-refractivity contribution in [3.05, 3.63) is 54.7 Å². The molecule has 0 bridgehead atoms. The molecule has 124 valence electrons. The largest absolute Gasteiger partial charge is 0.378 e. The fourth-order valence-electron chi connectivity index (χ4n) is 2.74. The van der Waals surface area contributed by atoms with Crippen LogP contribution in [0, 0.1) is 0 Å². The van der Waals surface area contributed by atoms with Crippen LogP contribution < -0.4 is 15.5 Å². The second kappa shape index (κ2) is 6.66. The molecule has 3 rings (SSSR count). The van der Waals surface area contributed by atoms with Gasteiger partial charge >= 0.3 is 6.03 Å². The third-order valence-corrected chi connectivity index (χ3v) is 4.02. The van der Waals surface area contributed by atoms with Crippen LogP contribution in [0.3, 0.4) is 0 Å². The first kappa shape index (κ1) is 15.9. The molecule has 0 radical (unpaired) electrons. The summed E-state index contributed by atoms with van der Waals surface area (Å²) in [6, 6.07) is 15.5. The number of carbonyl (C=O) groups excluding carboxylic acids is 1. The Bertz CT molecular complexity index is 849. The molecule has 2 N–H and O–H groups in total. The van der Waals surface area contributed by atoms with E-state index in [9.17, 15) is 4.79 Å². The number of para-hydroxylation sites is 1. The van der Waals surface area contributed by atoms with Gasteiger partial charge in [0.2, 0.25) is 0 Å². The van der Waals surface area contributed by atoms with Crippen molar-refractivity contribution in [2.45, 2.75) is 13.5 Å². The molecule has 0 aliphatic heterocycles. The van der Waals surface area contributed by atoms with Crippen LogP contribution in [-0.4, -0.2) is 24.7 Å². The van der Waals surface area contributed by atoms with E-state index in [0.29, 0.717) is 0 Å². The molecule has 0 aliphatic carbocycles. The summed E-state index contributed by atoms with van der Waals surface area (Å²) in [6.07, 6.45) is 1.97. The summed E-state index contributed by atoms with van der Waals surface area (Å²) in [5.74, 6) is 0. The monoisotopic (exact) mass is 322 g/mol. The number of benzene rings is 2. The van der Waals surface area contributed by atoms with Crippen LogP contribution in [-0.2, 0) is 6.54 Å². The molecule has 3 aromatic rings. The molecular weight excluding hydrogens is 300 g/mol. The standard InChI is InChI=1S/C19H22N4O/c1-4-23-13-17(16-7-5-6-8-18(16)23)21-19(24)20-14-9-11-15(12-10-14)22(2)3/h5-13H,4H2,1-3H3,(H2,20,21,24). The number of urea groups is 1. The van der Waals surface area contributed by atoms with Gasteiger partial charge in [0.25, 0.3) is 0 Å². The first-order valence-corrected chi connectivity index (χ1v) is 8.01.